The Bertz CT molecular complexity index is 450. The van der Waals surface area contributed by atoms with E-state index in [1.807, 2.05) is 25.1 Å². The first-order valence-electron chi connectivity index (χ1n) is 4.44. The molecule has 4 nitrogen and oxygen atoms in total. The zero-order chi connectivity index (χ0) is 10.1. The van der Waals surface area contributed by atoms with Crippen molar-refractivity contribution in [3.8, 4) is 0 Å². The van der Waals surface area contributed by atoms with Crippen LogP contribution >= 0.6 is 0 Å². The lowest BCUT2D eigenvalue weighted by molar-refractivity contribution is 0.250. The number of aromatic nitrogens is 1. The van der Waals surface area contributed by atoms with Crippen LogP contribution in [0.1, 0.15) is 17.5 Å². The second kappa shape index (κ2) is 3.40. The molecule has 74 valence electrons. The molecule has 0 saturated carbocycles. The van der Waals surface area contributed by atoms with Crippen molar-refractivity contribution in [2.24, 2.45) is 5.73 Å². The summed E-state index contributed by atoms with van der Waals surface area (Å²) in [6.45, 7) is 1.82. The van der Waals surface area contributed by atoms with Crippen molar-refractivity contribution < 1.29 is 9.52 Å². The summed E-state index contributed by atoms with van der Waals surface area (Å²) in [6, 6.07) is 5.19. The summed E-state index contributed by atoms with van der Waals surface area (Å²) in [5, 5.41) is 8.84. The van der Waals surface area contributed by atoms with E-state index in [2.05, 4.69) is 4.98 Å². The van der Waals surface area contributed by atoms with Crippen LogP contribution < -0.4 is 5.73 Å². The fourth-order valence-electron chi connectivity index (χ4n) is 1.29. The van der Waals surface area contributed by atoms with Crippen molar-refractivity contribution in [3.05, 3.63) is 29.7 Å². The quantitative estimate of drug-likeness (QED) is 0.748. The molecule has 2 rings (SSSR count). The summed E-state index contributed by atoms with van der Waals surface area (Å²) < 4.78 is 5.41. The Kier molecular flexibility index (Phi) is 2.23. The van der Waals surface area contributed by atoms with Gasteiger partial charge in [0, 0.05) is 0 Å². The maximum atomic E-state index is 8.84. The molecule has 1 aromatic heterocycles. The molecule has 0 aliphatic carbocycles. The normalized spacial score (nSPS) is 13.4. The fourth-order valence-corrected chi connectivity index (χ4v) is 1.29. The van der Waals surface area contributed by atoms with Crippen molar-refractivity contribution in [2.45, 2.75) is 13.0 Å². The first-order chi connectivity index (χ1) is 6.70. The van der Waals surface area contributed by atoms with Gasteiger partial charge in [-0.3, -0.25) is 0 Å². The Morgan fingerprint density at radius 3 is 3.07 bits per heavy atom. The van der Waals surface area contributed by atoms with Crippen molar-refractivity contribution in [2.75, 3.05) is 6.61 Å². The van der Waals surface area contributed by atoms with Crippen molar-refractivity contribution in [1.82, 2.24) is 4.98 Å². The highest BCUT2D eigenvalue weighted by atomic mass is 16.4. The van der Waals surface area contributed by atoms with Crippen molar-refractivity contribution in [1.29, 1.82) is 0 Å². The number of aliphatic hydroxyl groups excluding tert-OH is 1. The van der Waals surface area contributed by atoms with Crippen molar-refractivity contribution >= 4 is 11.1 Å². The van der Waals surface area contributed by atoms with Crippen LogP contribution in [0.3, 0.4) is 0 Å². The van der Waals surface area contributed by atoms with Gasteiger partial charge in [0.15, 0.2) is 5.58 Å². The van der Waals surface area contributed by atoms with E-state index in [1.165, 1.54) is 0 Å². The van der Waals surface area contributed by atoms with Gasteiger partial charge < -0.3 is 15.3 Å². The third-order valence-electron chi connectivity index (χ3n) is 2.07. The molecule has 0 bridgehead atoms. The summed E-state index contributed by atoms with van der Waals surface area (Å²) in [6.07, 6.45) is 0. The third kappa shape index (κ3) is 1.49. The van der Waals surface area contributed by atoms with Gasteiger partial charge >= 0.3 is 0 Å². The molecule has 1 unspecified atom stereocenters. The van der Waals surface area contributed by atoms with E-state index in [1.54, 1.807) is 0 Å². The van der Waals surface area contributed by atoms with E-state index >= 15 is 0 Å². The van der Waals surface area contributed by atoms with Gasteiger partial charge in [0.2, 0.25) is 5.89 Å². The number of hydrogen-bond acceptors (Lipinski definition) is 4. The lowest BCUT2D eigenvalue weighted by Gasteiger charge is -1.99. The van der Waals surface area contributed by atoms with E-state index in [0.717, 1.165) is 11.1 Å². The van der Waals surface area contributed by atoms with Crippen LogP contribution in [0.4, 0.5) is 0 Å². The van der Waals surface area contributed by atoms with Gasteiger partial charge in [0.05, 0.1) is 6.61 Å². The average molecular weight is 192 g/mol. The molecule has 0 amide bonds. The Hall–Kier alpha value is -1.39. The van der Waals surface area contributed by atoms with Crippen molar-refractivity contribution in [3.63, 3.8) is 0 Å². The lowest BCUT2D eigenvalue weighted by Crippen LogP contribution is -2.14. The molecule has 3 N–H and O–H groups in total. The molecule has 14 heavy (non-hydrogen) atoms. The smallest absolute Gasteiger partial charge is 0.214 e. The maximum absolute atomic E-state index is 8.84. The number of oxazole rings is 1. The number of aliphatic hydroxyl groups is 1. The predicted octanol–water partition coefficient (Wildman–Crippen LogP) is 1.13. The zero-order valence-corrected chi connectivity index (χ0v) is 7.90. The summed E-state index contributed by atoms with van der Waals surface area (Å²) in [5.41, 5.74) is 8.18. The van der Waals surface area contributed by atoms with Gasteiger partial charge in [-0.15, -0.1) is 0 Å². The molecule has 1 aromatic carbocycles. The number of aryl methyl sites for hydroxylation is 1. The molecule has 0 aliphatic heterocycles. The van der Waals surface area contributed by atoms with Crippen LogP contribution in [0.5, 0.6) is 0 Å². The molecule has 0 spiro atoms. The Balaban J connectivity index is 2.51. The average Bonchev–Trinajstić information content (AvgIpc) is 2.59. The molecular formula is C10H12N2O2. The highest BCUT2D eigenvalue weighted by Gasteiger charge is 2.12. The summed E-state index contributed by atoms with van der Waals surface area (Å²) in [5.74, 6) is 0.383. The van der Waals surface area contributed by atoms with Crippen LogP contribution in [-0.2, 0) is 0 Å². The van der Waals surface area contributed by atoms with E-state index in [9.17, 15) is 0 Å². The summed E-state index contributed by atoms with van der Waals surface area (Å²) in [7, 11) is 0. The minimum Gasteiger partial charge on any atom is -0.439 e. The molecule has 0 radical (unpaired) electrons. The molecular weight excluding hydrogens is 180 g/mol. The Labute approximate surface area is 81.4 Å². The summed E-state index contributed by atoms with van der Waals surface area (Å²) in [4.78, 5) is 4.17. The van der Waals surface area contributed by atoms with Crippen LogP contribution in [0.2, 0.25) is 0 Å². The molecule has 1 heterocycles. The second-order valence-corrected chi connectivity index (χ2v) is 3.31. The van der Waals surface area contributed by atoms with Crippen LogP contribution in [0, 0.1) is 6.92 Å². The van der Waals surface area contributed by atoms with E-state index < -0.39 is 6.04 Å². The van der Waals surface area contributed by atoms with Gasteiger partial charge in [-0.1, -0.05) is 6.07 Å². The standard InChI is InChI=1S/C10H12N2O2/c1-6-2-3-8-9(4-6)14-10(12-8)7(11)5-13/h2-4,7,13H,5,11H2,1H3. The number of hydrogen-bond donors (Lipinski definition) is 2. The van der Waals surface area contributed by atoms with Gasteiger partial charge in [0.1, 0.15) is 11.6 Å². The molecule has 0 saturated heterocycles. The number of rotatable bonds is 2. The number of nitrogens with zero attached hydrogens (tertiary/aromatic N) is 1. The summed E-state index contributed by atoms with van der Waals surface area (Å²) >= 11 is 0. The lowest BCUT2D eigenvalue weighted by atomic mass is 10.2. The molecule has 2 aromatic rings. The first-order valence-corrected chi connectivity index (χ1v) is 4.44. The van der Waals surface area contributed by atoms with Gasteiger partial charge in [-0.05, 0) is 24.6 Å². The van der Waals surface area contributed by atoms with Gasteiger partial charge in [-0.25, -0.2) is 4.98 Å². The van der Waals surface area contributed by atoms with E-state index in [-0.39, 0.29) is 6.61 Å². The topological polar surface area (TPSA) is 72.3 Å². The Morgan fingerprint density at radius 2 is 2.36 bits per heavy atom. The highest BCUT2D eigenvalue weighted by molar-refractivity contribution is 5.73. The number of fused-ring (bicyclic) bond motifs is 1. The number of nitrogens with two attached hydrogens (primary N) is 1. The Morgan fingerprint density at radius 1 is 1.57 bits per heavy atom. The van der Waals surface area contributed by atoms with Crippen LogP contribution in [0.15, 0.2) is 22.6 Å². The fraction of sp³-hybridized carbons (Fsp3) is 0.300. The molecule has 4 heteroatoms. The molecule has 0 aliphatic rings. The van der Waals surface area contributed by atoms with Crippen LogP contribution in [0.25, 0.3) is 11.1 Å². The van der Waals surface area contributed by atoms with Gasteiger partial charge in [-0.2, -0.15) is 0 Å². The number of benzene rings is 1. The highest BCUT2D eigenvalue weighted by Crippen LogP contribution is 2.19. The largest absolute Gasteiger partial charge is 0.439 e. The monoisotopic (exact) mass is 192 g/mol. The SMILES string of the molecule is Cc1ccc2nc(C(N)CO)oc2c1. The molecule has 1 atom stereocenters. The van der Waals surface area contributed by atoms with Gasteiger partial charge in [0.25, 0.3) is 0 Å². The predicted molar refractivity (Wildman–Crippen MR) is 52.8 cm³/mol. The second-order valence-electron chi connectivity index (χ2n) is 3.31. The maximum Gasteiger partial charge on any atom is 0.214 e. The minimum absolute atomic E-state index is 0.161. The zero-order valence-electron chi connectivity index (χ0n) is 7.90. The van der Waals surface area contributed by atoms with E-state index in [0.29, 0.717) is 11.5 Å². The third-order valence-corrected chi connectivity index (χ3v) is 2.07. The van der Waals surface area contributed by atoms with E-state index in [4.69, 9.17) is 15.3 Å². The van der Waals surface area contributed by atoms with Crippen LogP contribution in [-0.4, -0.2) is 16.7 Å². The minimum atomic E-state index is -0.539. The molecule has 0 fully saturated rings. The first kappa shape index (κ1) is 9.18.